The molecule has 1 rings (SSSR count). The maximum absolute atomic E-state index is 12.0. The minimum Gasteiger partial charge on any atom is -0.410 e. The molecule has 0 N–H and O–H groups in total. The predicted octanol–water partition coefficient (Wildman–Crippen LogP) is 3.12. The fraction of sp³-hybridized carbons (Fsp3) is 0.429. The molecule has 0 atom stereocenters. The zero-order valence-electron chi connectivity index (χ0n) is 11.3. The molecule has 0 aliphatic heterocycles. The van der Waals surface area contributed by atoms with Crippen LogP contribution < -0.4 is 4.74 Å². The van der Waals surface area contributed by atoms with Gasteiger partial charge in [-0.1, -0.05) is 12.1 Å². The fourth-order valence-electron chi connectivity index (χ4n) is 1.68. The van der Waals surface area contributed by atoms with Gasteiger partial charge in [0.2, 0.25) is 0 Å². The molecule has 18 heavy (non-hydrogen) atoms. The first-order chi connectivity index (χ1) is 8.38. The van der Waals surface area contributed by atoms with Gasteiger partial charge in [-0.05, 0) is 39.8 Å². The number of carbonyl (C=O) groups excluding carboxylic acids is 2. The molecular weight excluding hydrogens is 230 g/mol. The van der Waals surface area contributed by atoms with Crippen molar-refractivity contribution in [3.63, 3.8) is 0 Å². The van der Waals surface area contributed by atoms with Crippen LogP contribution in [-0.4, -0.2) is 29.4 Å². The molecule has 4 nitrogen and oxygen atoms in total. The molecule has 0 aliphatic carbocycles. The minimum atomic E-state index is -0.409. The highest BCUT2D eigenvalue weighted by molar-refractivity contribution is 5.77. The molecule has 0 unspecified atom stereocenters. The van der Waals surface area contributed by atoms with Gasteiger partial charge in [-0.2, -0.15) is 0 Å². The summed E-state index contributed by atoms with van der Waals surface area (Å²) < 4.78 is 5.26. The van der Waals surface area contributed by atoms with E-state index in [0.29, 0.717) is 17.9 Å². The van der Waals surface area contributed by atoms with E-state index in [9.17, 15) is 9.59 Å². The molecule has 0 saturated heterocycles. The van der Waals surface area contributed by atoms with E-state index in [1.165, 1.54) is 0 Å². The van der Waals surface area contributed by atoms with Gasteiger partial charge in [0.25, 0.3) is 0 Å². The standard InChI is InChI=1S/C14H19NO3/c1-5-15(14(2,3)4)13(17)18-12-8-6-7-11(9-12)10-16/h6-10H,5H2,1-4H3. The topological polar surface area (TPSA) is 46.6 Å². The third-order valence-electron chi connectivity index (χ3n) is 2.55. The molecule has 4 heteroatoms. The molecule has 98 valence electrons. The van der Waals surface area contributed by atoms with E-state index in [1.54, 1.807) is 29.2 Å². The molecule has 1 aromatic carbocycles. The molecule has 0 heterocycles. The van der Waals surface area contributed by atoms with Crippen molar-refractivity contribution in [2.45, 2.75) is 33.2 Å². The second-order valence-electron chi connectivity index (χ2n) is 4.97. The van der Waals surface area contributed by atoms with Crippen LogP contribution in [0.5, 0.6) is 5.75 Å². The predicted molar refractivity (Wildman–Crippen MR) is 70.0 cm³/mol. The molecule has 1 amide bonds. The zero-order chi connectivity index (χ0) is 13.8. The molecule has 0 bridgehead atoms. The molecule has 0 fully saturated rings. The SMILES string of the molecule is CCN(C(=O)Oc1cccc(C=O)c1)C(C)(C)C. The summed E-state index contributed by atoms with van der Waals surface area (Å²) in [6.07, 6.45) is 0.312. The van der Waals surface area contributed by atoms with E-state index >= 15 is 0 Å². The summed E-state index contributed by atoms with van der Waals surface area (Å²) in [5.41, 5.74) is 0.188. The number of aldehydes is 1. The summed E-state index contributed by atoms with van der Waals surface area (Å²) >= 11 is 0. The third kappa shape index (κ3) is 3.58. The Morgan fingerprint density at radius 1 is 1.39 bits per heavy atom. The van der Waals surface area contributed by atoms with E-state index in [0.717, 1.165) is 6.29 Å². The van der Waals surface area contributed by atoms with E-state index < -0.39 is 6.09 Å². The number of hydrogen-bond donors (Lipinski definition) is 0. The average Bonchev–Trinajstić information content (AvgIpc) is 2.28. The van der Waals surface area contributed by atoms with Crippen LogP contribution in [0.3, 0.4) is 0 Å². The normalized spacial score (nSPS) is 10.9. The fourth-order valence-corrected chi connectivity index (χ4v) is 1.68. The molecule has 0 aromatic heterocycles. The second-order valence-corrected chi connectivity index (χ2v) is 4.97. The van der Waals surface area contributed by atoms with Crippen LogP contribution in [0, 0.1) is 0 Å². The second kappa shape index (κ2) is 5.67. The quantitative estimate of drug-likeness (QED) is 0.773. The smallest absolute Gasteiger partial charge is 0.410 e. The number of ether oxygens (including phenoxy) is 1. The lowest BCUT2D eigenvalue weighted by molar-refractivity contribution is 0.109. The van der Waals surface area contributed by atoms with Crippen LogP contribution >= 0.6 is 0 Å². The first-order valence-corrected chi connectivity index (χ1v) is 5.93. The lowest BCUT2D eigenvalue weighted by atomic mass is 10.1. The molecule has 0 spiro atoms. The van der Waals surface area contributed by atoms with Crippen LogP contribution in [0.25, 0.3) is 0 Å². The van der Waals surface area contributed by atoms with Crippen LogP contribution in [0.4, 0.5) is 4.79 Å². The highest BCUT2D eigenvalue weighted by Crippen LogP contribution is 2.18. The van der Waals surface area contributed by atoms with Gasteiger partial charge in [-0.15, -0.1) is 0 Å². The van der Waals surface area contributed by atoms with E-state index in [-0.39, 0.29) is 5.54 Å². The average molecular weight is 249 g/mol. The Morgan fingerprint density at radius 2 is 2.06 bits per heavy atom. The number of hydrogen-bond acceptors (Lipinski definition) is 3. The van der Waals surface area contributed by atoms with Gasteiger partial charge in [-0.3, -0.25) is 4.79 Å². The summed E-state index contributed by atoms with van der Waals surface area (Å²) in [6.45, 7) is 8.29. The monoisotopic (exact) mass is 249 g/mol. The number of nitrogens with zero attached hydrogens (tertiary/aromatic N) is 1. The van der Waals surface area contributed by atoms with Crippen molar-refractivity contribution in [2.75, 3.05) is 6.54 Å². The first kappa shape index (κ1) is 14.2. The third-order valence-corrected chi connectivity index (χ3v) is 2.55. The van der Waals surface area contributed by atoms with E-state index in [4.69, 9.17) is 4.74 Å². The van der Waals surface area contributed by atoms with Gasteiger partial charge in [-0.25, -0.2) is 4.79 Å². The van der Waals surface area contributed by atoms with Crippen LogP contribution in [0.15, 0.2) is 24.3 Å². The summed E-state index contributed by atoms with van der Waals surface area (Å²) in [5, 5.41) is 0. The molecule has 1 aromatic rings. The van der Waals surface area contributed by atoms with E-state index in [1.807, 2.05) is 27.7 Å². The van der Waals surface area contributed by atoms with Crippen LogP contribution in [-0.2, 0) is 0 Å². The first-order valence-electron chi connectivity index (χ1n) is 5.93. The van der Waals surface area contributed by atoms with Gasteiger partial charge in [0.1, 0.15) is 12.0 Å². The van der Waals surface area contributed by atoms with Crippen molar-refractivity contribution in [3.8, 4) is 5.75 Å². The summed E-state index contributed by atoms with van der Waals surface area (Å²) in [6, 6.07) is 6.54. The Labute approximate surface area is 108 Å². The number of benzene rings is 1. The lowest BCUT2D eigenvalue weighted by Crippen LogP contribution is -2.46. The van der Waals surface area contributed by atoms with Crippen molar-refractivity contribution in [2.24, 2.45) is 0 Å². The van der Waals surface area contributed by atoms with Gasteiger partial charge in [0, 0.05) is 17.6 Å². The largest absolute Gasteiger partial charge is 0.415 e. The van der Waals surface area contributed by atoms with Gasteiger partial charge in [0.05, 0.1) is 0 Å². The van der Waals surface area contributed by atoms with Crippen molar-refractivity contribution >= 4 is 12.4 Å². The molecule has 0 saturated carbocycles. The van der Waals surface area contributed by atoms with Crippen molar-refractivity contribution in [1.29, 1.82) is 0 Å². The lowest BCUT2D eigenvalue weighted by Gasteiger charge is -2.33. The Kier molecular flexibility index (Phi) is 4.48. The van der Waals surface area contributed by atoms with Gasteiger partial charge >= 0.3 is 6.09 Å². The Balaban J connectivity index is 2.83. The maximum atomic E-state index is 12.0. The summed E-state index contributed by atoms with van der Waals surface area (Å²) in [7, 11) is 0. The highest BCUT2D eigenvalue weighted by atomic mass is 16.6. The Hall–Kier alpha value is -1.84. The minimum absolute atomic E-state index is 0.298. The van der Waals surface area contributed by atoms with Gasteiger partial charge < -0.3 is 9.64 Å². The Morgan fingerprint density at radius 3 is 2.56 bits per heavy atom. The molecule has 0 aliphatic rings. The van der Waals surface area contributed by atoms with Crippen molar-refractivity contribution in [1.82, 2.24) is 4.90 Å². The highest BCUT2D eigenvalue weighted by Gasteiger charge is 2.26. The van der Waals surface area contributed by atoms with Crippen molar-refractivity contribution < 1.29 is 14.3 Å². The van der Waals surface area contributed by atoms with Crippen LogP contribution in [0.1, 0.15) is 38.1 Å². The van der Waals surface area contributed by atoms with E-state index in [2.05, 4.69) is 0 Å². The van der Waals surface area contributed by atoms with Crippen molar-refractivity contribution in [3.05, 3.63) is 29.8 Å². The number of carbonyl (C=O) groups is 2. The summed E-state index contributed by atoms with van der Waals surface area (Å²) in [4.78, 5) is 24.3. The zero-order valence-corrected chi connectivity index (χ0v) is 11.3. The van der Waals surface area contributed by atoms with Gasteiger partial charge in [0.15, 0.2) is 0 Å². The molecular formula is C14H19NO3. The molecule has 0 radical (unpaired) electrons. The summed E-state index contributed by atoms with van der Waals surface area (Å²) in [5.74, 6) is 0.382. The number of rotatable bonds is 3. The Bertz CT molecular complexity index is 435. The number of amides is 1. The maximum Gasteiger partial charge on any atom is 0.415 e. The van der Waals surface area contributed by atoms with Crippen LogP contribution in [0.2, 0.25) is 0 Å².